The second-order valence-corrected chi connectivity index (χ2v) is 9.52. The second kappa shape index (κ2) is 7.44. The van der Waals surface area contributed by atoms with E-state index in [0.29, 0.717) is 17.0 Å². The van der Waals surface area contributed by atoms with Crippen molar-refractivity contribution in [3.05, 3.63) is 64.7 Å². The first-order valence-electron chi connectivity index (χ1n) is 9.11. The molecule has 3 rings (SSSR count). The third-order valence-electron chi connectivity index (χ3n) is 5.18. The molecule has 0 spiro atoms. The van der Waals surface area contributed by atoms with Crippen LogP contribution in [0.5, 0.6) is 0 Å². The lowest BCUT2D eigenvalue weighted by Crippen LogP contribution is -2.30. The summed E-state index contributed by atoms with van der Waals surface area (Å²) < 4.78 is 26.4. The Kier molecular flexibility index (Phi) is 5.40. The van der Waals surface area contributed by atoms with Crippen LogP contribution >= 0.6 is 0 Å². The molecule has 0 saturated heterocycles. The molecule has 0 aromatic heterocycles. The van der Waals surface area contributed by atoms with Crippen LogP contribution in [0.15, 0.2) is 47.4 Å². The van der Waals surface area contributed by atoms with Gasteiger partial charge in [0.15, 0.2) is 0 Å². The number of nitrogens with one attached hydrogen (secondary N) is 1. The van der Waals surface area contributed by atoms with E-state index in [0.717, 1.165) is 24.0 Å². The first-order valence-corrected chi connectivity index (χ1v) is 10.6. The molecule has 0 bridgehead atoms. The summed E-state index contributed by atoms with van der Waals surface area (Å²) in [7, 11) is -0.627. The predicted molar refractivity (Wildman–Crippen MR) is 106 cm³/mol. The first-order chi connectivity index (χ1) is 12.7. The Labute approximate surface area is 161 Å². The Balaban J connectivity index is 1.94. The van der Waals surface area contributed by atoms with Crippen molar-refractivity contribution in [3.8, 4) is 0 Å². The van der Waals surface area contributed by atoms with E-state index >= 15 is 0 Å². The fraction of sp³-hybridized carbons (Fsp3) is 0.381. The van der Waals surface area contributed by atoms with Crippen molar-refractivity contribution in [1.82, 2.24) is 9.62 Å². The van der Waals surface area contributed by atoms with E-state index in [2.05, 4.69) is 5.32 Å². The number of nitrogens with zero attached hydrogens (tertiary/aromatic N) is 1. The van der Waals surface area contributed by atoms with Crippen LogP contribution in [-0.4, -0.2) is 32.7 Å². The number of hydrogen-bond donors (Lipinski definition) is 1. The topological polar surface area (TPSA) is 66.5 Å². The molecular formula is C21H26N2O3S. The van der Waals surface area contributed by atoms with E-state index in [1.807, 2.05) is 37.3 Å². The average molecular weight is 387 g/mol. The molecule has 5 nitrogen and oxygen atoms in total. The summed E-state index contributed by atoms with van der Waals surface area (Å²) >= 11 is 0. The minimum atomic E-state index is -3.62. The highest BCUT2D eigenvalue weighted by molar-refractivity contribution is 7.89. The highest BCUT2D eigenvalue weighted by Gasteiger charge is 2.34. The zero-order chi connectivity index (χ0) is 19.8. The van der Waals surface area contributed by atoms with Crippen LogP contribution in [0, 0.1) is 19.8 Å². The van der Waals surface area contributed by atoms with Crippen LogP contribution in [0.4, 0.5) is 0 Å². The summed E-state index contributed by atoms with van der Waals surface area (Å²) in [6, 6.07) is 13.1. The van der Waals surface area contributed by atoms with Gasteiger partial charge in [0.05, 0.1) is 10.9 Å². The summed E-state index contributed by atoms with van der Waals surface area (Å²) in [5.74, 6) is 0.196. The maximum Gasteiger partial charge on any atom is 0.251 e. The molecule has 1 fully saturated rings. The highest BCUT2D eigenvalue weighted by atomic mass is 32.2. The molecule has 1 N–H and O–H groups in total. The van der Waals surface area contributed by atoms with Crippen molar-refractivity contribution in [2.45, 2.75) is 37.6 Å². The summed E-state index contributed by atoms with van der Waals surface area (Å²) in [4.78, 5) is 13.1. The number of hydrogen-bond acceptors (Lipinski definition) is 3. The average Bonchev–Trinajstić information content (AvgIpc) is 3.47. The maximum atomic E-state index is 13.0. The number of benzene rings is 2. The Bertz CT molecular complexity index is 949. The fourth-order valence-electron chi connectivity index (χ4n) is 3.21. The number of aryl methyl sites for hydroxylation is 1. The van der Waals surface area contributed by atoms with Crippen molar-refractivity contribution >= 4 is 15.9 Å². The molecule has 6 heteroatoms. The van der Waals surface area contributed by atoms with Crippen LogP contribution < -0.4 is 5.32 Å². The van der Waals surface area contributed by atoms with Crippen LogP contribution in [0.2, 0.25) is 0 Å². The van der Waals surface area contributed by atoms with Gasteiger partial charge in [0.2, 0.25) is 10.0 Å². The van der Waals surface area contributed by atoms with Gasteiger partial charge in [0.25, 0.3) is 5.91 Å². The van der Waals surface area contributed by atoms with E-state index in [9.17, 15) is 13.2 Å². The van der Waals surface area contributed by atoms with Gasteiger partial charge in [0, 0.05) is 19.7 Å². The zero-order valence-electron chi connectivity index (χ0n) is 16.2. The van der Waals surface area contributed by atoms with Crippen LogP contribution in [0.25, 0.3) is 0 Å². The Morgan fingerprint density at radius 3 is 2.30 bits per heavy atom. The molecule has 1 amide bonds. The largest absolute Gasteiger partial charge is 0.345 e. The molecular weight excluding hydrogens is 360 g/mol. The summed E-state index contributed by atoms with van der Waals surface area (Å²) in [6.07, 6.45) is 2.18. The van der Waals surface area contributed by atoms with Gasteiger partial charge in [-0.3, -0.25) is 4.79 Å². The molecule has 0 heterocycles. The smallest absolute Gasteiger partial charge is 0.251 e. The van der Waals surface area contributed by atoms with E-state index < -0.39 is 10.0 Å². The number of rotatable bonds is 6. The number of carbonyl (C=O) groups excluding carboxylic acids is 1. The van der Waals surface area contributed by atoms with Gasteiger partial charge in [-0.1, -0.05) is 30.3 Å². The van der Waals surface area contributed by atoms with Crippen LogP contribution in [0.1, 0.15) is 45.9 Å². The number of sulfonamides is 1. The van der Waals surface area contributed by atoms with Gasteiger partial charge in [0.1, 0.15) is 0 Å². The standard InChI is InChI=1S/C21H26N2O3S/c1-14-12-18(13-19(15(14)2)27(25,26)23(3)4)21(24)22-20(17-10-11-17)16-8-6-5-7-9-16/h5-9,12-13,17,20H,10-11H2,1-4H3,(H,22,24)/t20-/m0/s1. The lowest BCUT2D eigenvalue weighted by atomic mass is 10.0. The van der Waals surface area contributed by atoms with Gasteiger partial charge in [-0.25, -0.2) is 12.7 Å². The number of carbonyl (C=O) groups is 1. The molecule has 2 aromatic carbocycles. The quantitative estimate of drug-likeness (QED) is 0.827. The summed E-state index contributed by atoms with van der Waals surface area (Å²) in [5.41, 5.74) is 2.91. The lowest BCUT2D eigenvalue weighted by molar-refractivity contribution is 0.0931. The molecule has 0 aliphatic heterocycles. The fourth-order valence-corrected chi connectivity index (χ4v) is 4.43. The van der Waals surface area contributed by atoms with E-state index in [4.69, 9.17) is 0 Å². The first kappa shape index (κ1) is 19.6. The molecule has 1 atom stereocenters. The SMILES string of the molecule is Cc1cc(C(=O)N[C@@H](c2ccccc2)C2CC2)cc(S(=O)(=O)N(C)C)c1C. The summed E-state index contributed by atoms with van der Waals surface area (Å²) in [6.45, 7) is 3.60. The maximum absolute atomic E-state index is 13.0. The monoisotopic (exact) mass is 386 g/mol. The molecule has 144 valence electrons. The molecule has 0 radical (unpaired) electrons. The Morgan fingerprint density at radius 1 is 1.11 bits per heavy atom. The number of amides is 1. The van der Waals surface area contributed by atoms with Crippen LogP contribution in [-0.2, 0) is 10.0 Å². The molecule has 2 aromatic rings. The normalized spacial score (nSPS) is 15.6. The van der Waals surface area contributed by atoms with Gasteiger partial charge in [-0.2, -0.15) is 0 Å². The van der Waals surface area contributed by atoms with Crippen molar-refractivity contribution in [3.63, 3.8) is 0 Å². The summed E-state index contributed by atoms with van der Waals surface area (Å²) in [5, 5.41) is 3.12. The lowest BCUT2D eigenvalue weighted by Gasteiger charge is -2.20. The van der Waals surface area contributed by atoms with Crippen molar-refractivity contribution in [1.29, 1.82) is 0 Å². The molecule has 1 aliphatic rings. The van der Waals surface area contributed by atoms with Crippen molar-refractivity contribution in [2.24, 2.45) is 5.92 Å². The molecule has 1 aliphatic carbocycles. The van der Waals surface area contributed by atoms with Crippen molar-refractivity contribution in [2.75, 3.05) is 14.1 Å². The van der Waals surface area contributed by atoms with E-state index in [-0.39, 0.29) is 16.8 Å². The van der Waals surface area contributed by atoms with Gasteiger partial charge in [-0.15, -0.1) is 0 Å². The van der Waals surface area contributed by atoms with Gasteiger partial charge in [-0.05, 0) is 61.4 Å². The minimum absolute atomic E-state index is 0.0470. The minimum Gasteiger partial charge on any atom is -0.345 e. The molecule has 1 saturated carbocycles. The Hall–Kier alpha value is -2.18. The molecule has 0 unspecified atom stereocenters. The van der Waals surface area contributed by atoms with E-state index in [1.165, 1.54) is 24.5 Å². The van der Waals surface area contributed by atoms with Crippen molar-refractivity contribution < 1.29 is 13.2 Å². The van der Waals surface area contributed by atoms with Gasteiger partial charge >= 0.3 is 0 Å². The third-order valence-corrected chi connectivity index (χ3v) is 7.12. The van der Waals surface area contributed by atoms with E-state index in [1.54, 1.807) is 13.0 Å². The second-order valence-electron chi connectivity index (χ2n) is 7.40. The third kappa shape index (κ3) is 4.06. The molecule has 27 heavy (non-hydrogen) atoms. The zero-order valence-corrected chi connectivity index (χ0v) is 17.0. The van der Waals surface area contributed by atoms with Gasteiger partial charge < -0.3 is 5.32 Å². The Morgan fingerprint density at radius 2 is 1.74 bits per heavy atom. The predicted octanol–water partition coefficient (Wildman–Crippen LogP) is 3.43. The van der Waals surface area contributed by atoms with Crippen LogP contribution in [0.3, 0.4) is 0 Å². The highest BCUT2D eigenvalue weighted by Crippen LogP contribution is 2.41.